The predicted molar refractivity (Wildman–Crippen MR) is 84.5 cm³/mol. The van der Waals surface area contributed by atoms with Gasteiger partial charge in [0.2, 0.25) is 5.91 Å². The number of thioether (sulfide) groups is 1. The smallest absolute Gasteiger partial charge is 0.233 e. The second-order valence-electron chi connectivity index (χ2n) is 5.00. The van der Waals surface area contributed by atoms with Crippen molar-refractivity contribution in [2.75, 3.05) is 6.54 Å². The highest BCUT2D eigenvalue weighted by atomic mass is 32.2. The van der Waals surface area contributed by atoms with Crippen LogP contribution in [0.4, 0.5) is 0 Å². The van der Waals surface area contributed by atoms with Gasteiger partial charge in [-0.05, 0) is 33.3 Å². The van der Waals surface area contributed by atoms with Gasteiger partial charge in [0, 0.05) is 30.7 Å². The monoisotopic (exact) mass is 320 g/mol. The number of carbonyl (C=O) groups is 1. The molecule has 0 saturated carbocycles. The highest BCUT2D eigenvalue weighted by molar-refractivity contribution is 8.00. The molecule has 22 heavy (non-hydrogen) atoms. The van der Waals surface area contributed by atoms with Crippen LogP contribution in [-0.4, -0.2) is 42.7 Å². The van der Waals surface area contributed by atoms with E-state index in [1.807, 2.05) is 26.8 Å². The fraction of sp³-hybridized carbons (Fsp3) is 0.500. The van der Waals surface area contributed by atoms with Gasteiger partial charge in [-0.25, -0.2) is 9.97 Å². The maximum atomic E-state index is 12.1. The molecule has 0 aliphatic heterocycles. The molecular weight excluding hydrogens is 300 g/mol. The Morgan fingerprint density at radius 1 is 1.36 bits per heavy atom. The normalized spacial score (nSPS) is 12.1. The van der Waals surface area contributed by atoms with Crippen LogP contribution in [0.5, 0.6) is 0 Å². The van der Waals surface area contributed by atoms with Gasteiger partial charge in [0.1, 0.15) is 0 Å². The molecule has 118 valence electrons. The molecule has 0 radical (unpaired) electrons. The molecule has 2 aromatic heterocycles. The van der Waals surface area contributed by atoms with Gasteiger partial charge in [0.25, 0.3) is 0 Å². The molecule has 1 amide bonds. The van der Waals surface area contributed by atoms with Crippen LogP contribution in [0, 0.1) is 13.8 Å². The highest BCUT2D eigenvalue weighted by Crippen LogP contribution is 2.20. The molecule has 0 saturated heterocycles. The van der Waals surface area contributed by atoms with Gasteiger partial charge >= 0.3 is 0 Å². The molecule has 1 N–H and O–H groups in total. The lowest BCUT2D eigenvalue weighted by Gasteiger charge is -2.11. The molecule has 0 aliphatic rings. The maximum absolute atomic E-state index is 12.1. The van der Waals surface area contributed by atoms with E-state index in [2.05, 4.69) is 25.6 Å². The summed E-state index contributed by atoms with van der Waals surface area (Å²) in [5.41, 5.74) is 1.82. The summed E-state index contributed by atoms with van der Waals surface area (Å²) < 4.78 is 1.74. The first kappa shape index (κ1) is 16.4. The van der Waals surface area contributed by atoms with Crippen molar-refractivity contribution in [3.05, 3.63) is 29.8 Å². The Balaban J connectivity index is 1.74. The Kier molecular flexibility index (Phi) is 5.88. The van der Waals surface area contributed by atoms with E-state index in [4.69, 9.17) is 0 Å². The lowest BCUT2D eigenvalue weighted by Crippen LogP contribution is -2.32. The molecular formula is C14H20N6OS. The fourth-order valence-electron chi connectivity index (χ4n) is 1.91. The van der Waals surface area contributed by atoms with Crippen molar-refractivity contribution in [2.24, 2.45) is 0 Å². The van der Waals surface area contributed by atoms with Gasteiger partial charge in [-0.15, -0.1) is 5.10 Å². The summed E-state index contributed by atoms with van der Waals surface area (Å²) in [6.07, 6.45) is 4.26. The van der Waals surface area contributed by atoms with Crippen LogP contribution >= 0.6 is 11.8 Å². The topological polar surface area (TPSA) is 85.6 Å². The van der Waals surface area contributed by atoms with E-state index in [1.54, 1.807) is 17.1 Å². The largest absolute Gasteiger partial charge is 0.355 e. The number of hydrogen-bond acceptors (Lipinski definition) is 6. The molecule has 2 heterocycles. The quantitative estimate of drug-likeness (QED) is 0.471. The lowest BCUT2D eigenvalue weighted by atomic mass is 10.4. The summed E-state index contributed by atoms with van der Waals surface area (Å²) in [6, 6.07) is 1.92. The first-order chi connectivity index (χ1) is 10.5. The first-order valence-corrected chi connectivity index (χ1v) is 8.03. The Morgan fingerprint density at radius 2 is 2.09 bits per heavy atom. The van der Waals surface area contributed by atoms with Crippen LogP contribution in [-0.2, 0) is 11.3 Å². The summed E-state index contributed by atoms with van der Waals surface area (Å²) >= 11 is 1.37. The molecule has 0 unspecified atom stereocenters. The van der Waals surface area contributed by atoms with Crippen molar-refractivity contribution in [2.45, 2.75) is 44.1 Å². The van der Waals surface area contributed by atoms with Gasteiger partial charge in [0.05, 0.1) is 11.4 Å². The van der Waals surface area contributed by atoms with Gasteiger partial charge in [-0.3, -0.25) is 9.48 Å². The lowest BCUT2D eigenvalue weighted by molar-refractivity contribution is -0.120. The third-order valence-corrected chi connectivity index (χ3v) is 3.91. The van der Waals surface area contributed by atoms with E-state index < -0.39 is 0 Å². The highest BCUT2D eigenvalue weighted by Gasteiger charge is 2.15. The number of aromatic nitrogens is 5. The van der Waals surface area contributed by atoms with Gasteiger partial charge in [-0.1, -0.05) is 17.0 Å². The summed E-state index contributed by atoms with van der Waals surface area (Å²) in [5, 5.41) is 10.9. The van der Waals surface area contributed by atoms with Crippen molar-refractivity contribution < 1.29 is 4.79 Å². The van der Waals surface area contributed by atoms with E-state index in [0.29, 0.717) is 11.7 Å². The molecule has 8 heteroatoms. The number of nitrogens with one attached hydrogen (secondary N) is 1. The predicted octanol–water partition coefficient (Wildman–Crippen LogP) is 1.37. The molecule has 0 fully saturated rings. The van der Waals surface area contributed by atoms with Gasteiger partial charge < -0.3 is 5.32 Å². The number of aryl methyl sites for hydroxylation is 3. The van der Waals surface area contributed by atoms with E-state index in [9.17, 15) is 4.79 Å². The zero-order valence-corrected chi connectivity index (χ0v) is 13.8. The molecule has 1 atom stereocenters. The van der Waals surface area contributed by atoms with Crippen LogP contribution in [0.3, 0.4) is 0 Å². The van der Waals surface area contributed by atoms with Crippen molar-refractivity contribution >= 4 is 17.7 Å². The number of rotatable bonds is 7. The summed E-state index contributed by atoms with van der Waals surface area (Å²) in [6.45, 7) is 7.05. The Morgan fingerprint density at radius 3 is 2.73 bits per heavy atom. The van der Waals surface area contributed by atoms with Crippen LogP contribution in [0.2, 0.25) is 0 Å². The SMILES string of the molecule is Cc1cc(C)nc(S[C@@H](C)C(=O)NCCCn2ccnn2)n1. The van der Waals surface area contributed by atoms with E-state index in [-0.39, 0.29) is 11.2 Å². The number of carbonyl (C=O) groups excluding carboxylic acids is 1. The van der Waals surface area contributed by atoms with Crippen LogP contribution in [0.25, 0.3) is 0 Å². The van der Waals surface area contributed by atoms with E-state index in [0.717, 1.165) is 24.4 Å². The third kappa shape index (κ3) is 5.10. The molecule has 7 nitrogen and oxygen atoms in total. The van der Waals surface area contributed by atoms with E-state index >= 15 is 0 Å². The number of hydrogen-bond donors (Lipinski definition) is 1. The second-order valence-corrected chi connectivity index (χ2v) is 6.31. The Bertz CT molecular complexity index is 596. The van der Waals surface area contributed by atoms with Crippen molar-refractivity contribution in [3.8, 4) is 0 Å². The second kappa shape index (κ2) is 7.88. The third-order valence-electron chi connectivity index (χ3n) is 2.95. The minimum atomic E-state index is -0.229. The van der Waals surface area contributed by atoms with Gasteiger partial charge in [0.15, 0.2) is 5.16 Å². The minimum absolute atomic E-state index is 0.00801. The average molecular weight is 320 g/mol. The zero-order chi connectivity index (χ0) is 15.9. The van der Waals surface area contributed by atoms with Crippen molar-refractivity contribution in [1.29, 1.82) is 0 Å². The van der Waals surface area contributed by atoms with Crippen LogP contribution < -0.4 is 5.32 Å². The molecule has 2 aromatic rings. The fourth-order valence-corrected chi connectivity index (χ4v) is 2.81. The average Bonchev–Trinajstić information content (AvgIpc) is 2.95. The zero-order valence-electron chi connectivity index (χ0n) is 13.0. The number of amides is 1. The standard InChI is InChI=1S/C14H20N6OS/c1-10-9-11(2)18-14(17-10)22-12(3)13(21)15-5-4-7-20-8-6-16-19-20/h6,8-9,12H,4-5,7H2,1-3H3,(H,15,21)/t12-/m0/s1. The van der Waals surface area contributed by atoms with Crippen LogP contribution in [0.15, 0.2) is 23.6 Å². The minimum Gasteiger partial charge on any atom is -0.355 e. The Labute approximate surface area is 133 Å². The molecule has 0 aliphatic carbocycles. The summed E-state index contributed by atoms with van der Waals surface area (Å²) in [7, 11) is 0. The van der Waals surface area contributed by atoms with Crippen molar-refractivity contribution in [3.63, 3.8) is 0 Å². The van der Waals surface area contributed by atoms with Crippen LogP contribution in [0.1, 0.15) is 24.7 Å². The molecule has 2 rings (SSSR count). The maximum Gasteiger partial charge on any atom is 0.233 e. The first-order valence-electron chi connectivity index (χ1n) is 7.15. The Hall–Kier alpha value is -1.96. The molecule has 0 bridgehead atoms. The number of nitrogens with zero attached hydrogens (tertiary/aromatic N) is 5. The van der Waals surface area contributed by atoms with E-state index in [1.165, 1.54) is 11.8 Å². The summed E-state index contributed by atoms with van der Waals surface area (Å²) in [5.74, 6) is -0.00801. The van der Waals surface area contributed by atoms with Gasteiger partial charge in [-0.2, -0.15) is 0 Å². The molecule has 0 aromatic carbocycles. The molecule has 0 spiro atoms. The summed E-state index contributed by atoms with van der Waals surface area (Å²) in [4.78, 5) is 20.7. The van der Waals surface area contributed by atoms with Crippen molar-refractivity contribution in [1.82, 2.24) is 30.3 Å².